The van der Waals surface area contributed by atoms with Gasteiger partial charge in [-0.3, -0.25) is 24.6 Å². The minimum atomic E-state index is -0.514. The predicted molar refractivity (Wildman–Crippen MR) is 97.2 cm³/mol. The van der Waals surface area contributed by atoms with Gasteiger partial charge in [-0.05, 0) is 41.8 Å². The van der Waals surface area contributed by atoms with Gasteiger partial charge in [-0.25, -0.2) is 0 Å². The van der Waals surface area contributed by atoms with Crippen molar-refractivity contribution in [1.82, 2.24) is 4.90 Å². The molecule has 1 N–H and O–H groups in total. The molecule has 1 heterocycles. The van der Waals surface area contributed by atoms with E-state index in [1.807, 2.05) is 31.2 Å². The first-order chi connectivity index (χ1) is 12.4. The summed E-state index contributed by atoms with van der Waals surface area (Å²) in [7, 11) is 1.41. The molecule has 0 unspecified atom stereocenters. The second kappa shape index (κ2) is 6.79. The molecule has 1 aliphatic heterocycles. The zero-order chi connectivity index (χ0) is 18.8. The number of nitro groups is 1. The van der Waals surface area contributed by atoms with Crippen LogP contribution >= 0.6 is 0 Å². The maximum atomic E-state index is 12.5. The summed E-state index contributed by atoms with van der Waals surface area (Å²) in [5, 5.41) is 13.8. The Bertz CT molecular complexity index is 915. The molecule has 0 atom stereocenters. The maximum Gasteiger partial charge on any atom is 0.277 e. The summed E-state index contributed by atoms with van der Waals surface area (Å²) in [6, 6.07) is 13.1. The van der Waals surface area contributed by atoms with Gasteiger partial charge in [0.15, 0.2) is 0 Å². The highest BCUT2D eigenvalue weighted by atomic mass is 16.6. The van der Waals surface area contributed by atoms with Gasteiger partial charge in [0, 0.05) is 24.9 Å². The summed E-state index contributed by atoms with van der Waals surface area (Å²) >= 11 is 0. The van der Waals surface area contributed by atoms with Crippen LogP contribution in [0.3, 0.4) is 0 Å². The minimum Gasteiger partial charge on any atom is -0.350 e. The van der Waals surface area contributed by atoms with Crippen LogP contribution in [0.4, 0.5) is 11.4 Å². The van der Waals surface area contributed by atoms with Crippen molar-refractivity contribution in [2.24, 2.45) is 0 Å². The highest BCUT2D eigenvalue weighted by Gasteiger charge is 2.36. The van der Waals surface area contributed by atoms with Crippen molar-refractivity contribution in [3.05, 3.63) is 75.5 Å². The molecule has 2 aromatic rings. The Morgan fingerprint density at radius 2 is 1.62 bits per heavy atom. The van der Waals surface area contributed by atoms with Crippen LogP contribution in [0.5, 0.6) is 0 Å². The molecule has 2 aromatic carbocycles. The SMILES string of the molecule is CCc1ccc(NC2=C(c3ccc([N+](=O)[O-])cc3)C(=O)N(C)C2=O)cc1. The van der Waals surface area contributed by atoms with E-state index in [1.165, 1.54) is 31.3 Å². The molecule has 0 bridgehead atoms. The third kappa shape index (κ3) is 3.06. The lowest BCUT2D eigenvalue weighted by atomic mass is 10.0. The van der Waals surface area contributed by atoms with Crippen LogP contribution in [0.2, 0.25) is 0 Å². The van der Waals surface area contributed by atoms with Gasteiger partial charge in [0.25, 0.3) is 17.5 Å². The van der Waals surface area contributed by atoms with Crippen molar-refractivity contribution in [3.63, 3.8) is 0 Å². The van der Waals surface area contributed by atoms with E-state index in [1.54, 1.807) is 0 Å². The minimum absolute atomic E-state index is 0.0795. The Hall–Kier alpha value is -3.48. The zero-order valence-corrected chi connectivity index (χ0v) is 14.4. The van der Waals surface area contributed by atoms with E-state index in [-0.39, 0.29) is 17.0 Å². The number of aryl methyl sites for hydroxylation is 1. The van der Waals surface area contributed by atoms with Gasteiger partial charge in [0.05, 0.1) is 10.5 Å². The highest BCUT2D eigenvalue weighted by molar-refractivity contribution is 6.36. The number of rotatable bonds is 5. The first-order valence-corrected chi connectivity index (χ1v) is 8.09. The van der Waals surface area contributed by atoms with Crippen molar-refractivity contribution < 1.29 is 14.5 Å². The van der Waals surface area contributed by atoms with Crippen LogP contribution in [0.25, 0.3) is 5.57 Å². The topological polar surface area (TPSA) is 92.6 Å². The number of benzene rings is 2. The molecule has 132 valence electrons. The van der Waals surface area contributed by atoms with Crippen LogP contribution in [0, 0.1) is 10.1 Å². The summed E-state index contributed by atoms with van der Waals surface area (Å²) in [5.74, 6) is -0.889. The Morgan fingerprint density at radius 3 is 2.15 bits per heavy atom. The molecule has 0 saturated carbocycles. The average molecular weight is 351 g/mol. The number of non-ortho nitro benzene ring substituents is 1. The Morgan fingerprint density at radius 1 is 1.00 bits per heavy atom. The van der Waals surface area contributed by atoms with Gasteiger partial charge in [-0.2, -0.15) is 0 Å². The number of nitro benzene ring substituents is 1. The monoisotopic (exact) mass is 351 g/mol. The quantitative estimate of drug-likeness (QED) is 0.508. The molecule has 0 saturated heterocycles. The Balaban J connectivity index is 2.02. The Labute approximate surface area is 150 Å². The van der Waals surface area contributed by atoms with E-state index in [9.17, 15) is 19.7 Å². The second-order valence-corrected chi connectivity index (χ2v) is 5.90. The van der Waals surface area contributed by atoms with E-state index in [2.05, 4.69) is 5.32 Å². The van der Waals surface area contributed by atoms with Gasteiger partial charge < -0.3 is 5.32 Å². The van der Waals surface area contributed by atoms with Crippen molar-refractivity contribution in [3.8, 4) is 0 Å². The van der Waals surface area contributed by atoms with Crippen LogP contribution < -0.4 is 5.32 Å². The number of hydrogen-bond donors (Lipinski definition) is 1. The van der Waals surface area contributed by atoms with Crippen molar-refractivity contribution in [2.45, 2.75) is 13.3 Å². The van der Waals surface area contributed by atoms with E-state index in [0.29, 0.717) is 11.3 Å². The van der Waals surface area contributed by atoms with Crippen molar-refractivity contribution in [2.75, 3.05) is 12.4 Å². The zero-order valence-electron chi connectivity index (χ0n) is 14.4. The molecular weight excluding hydrogens is 334 g/mol. The molecule has 0 spiro atoms. The number of hydrogen-bond acceptors (Lipinski definition) is 5. The van der Waals surface area contributed by atoms with E-state index in [4.69, 9.17) is 0 Å². The fourth-order valence-corrected chi connectivity index (χ4v) is 2.74. The summed E-state index contributed by atoms with van der Waals surface area (Å²) < 4.78 is 0. The molecule has 7 nitrogen and oxygen atoms in total. The summed E-state index contributed by atoms with van der Waals surface area (Å²) in [5.41, 5.74) is 2.58. The fourth-order valence-electron chi connectivity index (χ4n) is 2.74. The van der Waals surface area contributed by atoms with Gasteiger partial charge in [-0.15, -0.1) is 0 Å². The molecule has 0 fully saturated rings. The maximum absolute atomic E-state index is 12.5. The first-order valence-electron chi connectivity index (χ1n) is 8.09. The lowest BCUT2D eigenvalue weighted by Gasteiger charge is -2.09. The lowest BCUT2D eigenvalue weighted by molar-refractivity contribution is -0.384. The number of imide groups is 1. The predicted octanol–water partition coefficient (Wildman–Crippen LogP) is 2.98. The smallest absolute Gasteiger partial charge is 0.277 e. The molecule has 2 amide bonds. The third-order valence-corrected chi connectivity index (χ3v) is 4.29. The van der Waals surface area contributed by atoms with Gasteiger partial charge in [0.1, 0.15) is 5.70 Å². The van der Waals surface area contributed by atoms with E-state index < -0.39 is 16.7 Å². The summed E-state index contributed by atoms with van der Waals surface area (Å²) in [4.78, 5) is 36.3. The van der Waals surface area contributed by atoms with Crippen LogP contribution in [-0.2, 0) is 16.0 Å². The van der Waals surface area contributed by atoms with Gasteiger partial charge in [-0.1, -0.05) is 19.1 Å². The molecule has 3 rings (SSSR count). The number of anilines is 1. The van der Waals surface area contributed by atoms with E-state index >= 15 is 0 Å². The Kier molecular flexibility index (Phi) is 4.53. The highest BCUT2D eigenvalue weighted by Crippen LogP contribution is 2.30. The summed E-state index contributed by atoms with van der Waals surface area (Å²) in [6.07, 6.45) is 0.900. The molecular formula is C19H17N3O4. The largest absolute Gasteiger partial charge is 0.350 e. The second-order valence-electron chi connectivity index (χ2n) is 5.90. The molecule has 1 aliphatic rings. The molecule has 0 aliphatic carbocycles. The lowest BCUT2D eigenvalue weighted by Crippen LogP contribution is -2.27. The number of nitrogens with one attached hydrogen (secondary N) is 1. The van der Waals surface area contributed by atoms with Crippen molar-refractivity contribution >= 4 is 28.8 Å². The molecule has 0 radical (unpaired) electrons. The number of likely N-dealkylation sites (N-methyl/N-ethyl adjacent to an activating group) is 1. The van der Waals surface area contributed by atoms with Crippen LogP contribution in [0.1, 0.15) is 18.1 Å². The number of carbonyl (C=O) groups excluding carboxylic acids is 2. The summed E-state index contributed by atoms with van der Waals surface area (Å²) in [6.45, 7) is 2.05. The van der Waals surface area contributed by atoms with Crippen LogP contribution in [0.15, 0.2) is 54.2 Å². The van der Waals surface area contributed by atoms with Gasteiger partial charge in [0.2, 0.25) is 0 Å². The van der Waals surface area contributed by atoms with Crippen LogP contribution in [-0.4, -0.2) is 28.7 Å². The number of amides is 2. The van der Waals surface area contributed by atoms with Crippen molar-refractivity contribution in [1.29, 1.82) is 0 Å². The molecule has 7 heteroatoms. The van der Waals surface area contributed by atoms with Gasteiger partial charge >= 0.3 is 0 Å². The van der Waals surface area contributed by atoms with E-state index in [0.717, 1.165) is 16.9 Å². The molecule has 26 heavy (non-hydrogen) atoms. The molecule has 0 aromatic heterocycles. The standard InChI is InChI=1S/C19H17N3O4/c1-3-12-4-8-14(9-5-12)20-17-16(18(23)21(2)19(17)24)13-6-10-15(11-7-13)22(25)26/h4-11,20H,3H2,1-2H3. The average Bonchev–Trinajstić information content (AvgIpc) is 2.86. The first kappa shape index (κ1) is 17.3. The normalized spacial score (nSPS) is 14.2. The number of carbonyl (C=O) groups is 2. The number of nitrogens with zero attached hydrogens (tertiary/aromatic N) is 2. The fraction of sp³-hybridized carbons (Fsp3) is 0.158. The third-order valence-electron chi connectivity index (χ3n) is 4.29.